The molecular weight excluding hydrogens is 392 g/mol. The number of nitrogens with zero attached hydrogens (tertiary/aromatic N) is 1. The highest BCUT2D eigenvalue weighted by Gasteiger charge is 2.28. The van der Waals surface area contributed by atoms with Crippen LogP contribution in [0.4, 0.5) is 0 Å². The standard InChI is InChI=1S/C26H52N2O.ClH/c1-6-9-10-11-12-13-14-15-16-17-18-19-20-21-22-24-25(23-7-2)28(4,5)27-26(29)8-3;/h8,25H,3,6-7,9-24H2,1-2,4-5H3;1H. The van der Waals surface area contributed by atoms with Gasteiger partial charge < -0.3 is 12.4 Å². The molecule has 1 N–H and O–H groups in total. The molecule has 0 saturated heterocycles. The van der Waals surface area contributed by atoms with E-state index in [1.807, 2.05) is 0 Å². The molecule has 0 saturated carbocycles. The molecule has 3 nitrogen and oxygen atoms in total. The number of amides is 1. The van der Waals surface area contributed by atoms with Crippen molar-refractivity contribution in [3.8, 4) is 0 Å². The molecule has 0 aliphatic heterocycles. The van der Waals surface area contributed by atoms with Crippen LogP contribution in [0, 0.1) is 0 Å². The van der Waals surface area contributed by atoms with Crippen LogP contribution in [0.5, 0.6) is 0 Å². The average Bonchev–Trinajstić information content (AvgIpc) is 2.69. The van der Waals surface area contributed by atoms with Crippen molar-refractivity contribution in [1.82, 2.24) is 5.43 Å². The van der Waals surface area contributed by atoms with Crippen molar-refractivity contribution < 1.29 is 21.8 Å². The first-order valence-electron chi connectivity index (χ1n) is 12.8. The van der Waals surface area contributed by atoms with Crippen molar-refractivity contribution in [2.45, 2.75) is 135 Å². The fourth-order valence-electron chi connectivity index (χ4n) is 4.30. The van der Waals surface area contributed by atoms with Crippen molar-refractivity contribution in [3.05, 3.63) is 12.7 Å². The van der Waals surface area contributed by atoms with E-state index in [1.54, 1.807) is 0 Å². The molecule has 0 heterocycles. The molecule has 30 heavy (non-hydrogen) atoms. The van der Waals surface area contributed by atoms with Crippen molar-refractivity contribution >= 4 is 5.91 Å². The van der Waals surface area contributed by atoms with Crippen LogP contribution >= 0.6 is 0 Å². The number of hydrogen-bond acceptors (Lipinski definition) is 1. The number of nitrogens with one attached hydrogen (secondary N) is 1. The van der Waals surface area contributed by atoms with E-state index in [2.05, 4.69) is 39.9 Å². The Morgan fingerprint density at radius 3 is 1.50 bits per heavy atom. The second-order valence-electron chi connectivity index (χ2n) is 9.40. The lowest BCUT2D eigenvalue weighted by atomic mass is 10.0. The second-order valence-corrected chi connectivity index (χ2v) is 9.40. The molecule has 0 aromatic heterocycles. The third-order valence-electron chi connectivity index (χ3n) is 6.26. The van der Waals surface area contributed by atoms with E-state index in [9.17, 15) is 4.79 Å². The summed E-state index contributed by atoms with van der Waals surface area (Å²) in [7, 11) is 4.21. The molecule has 0 rings (SSSR count). The number of hydrogen-bond donors (Lipinski definition) is 1. The normalized spacial score (nSPS) is 12.3. The summed E-state index contributed by atoms with van der Waals surface area (Å²) in [6.07, 6.45) is 25.9. The van der Waals surface area contributed by atoms with Crippen LogP contribution in [0.1, 0.15) is 129 Å². The van der Waals surface area contributed by atoms with E-state index >= 15 is 0 Å². The third-order valence-corrected chi connectivity index (χ3v) is 6.26. The van der Waals surface area contributed by atoms with Gasteiger partial charge in [0.05, 0.1) is 14.1 Å². The zero-order valence-corrected chi connectivity index (χ0v) is 21.6. The molecule has 0 radical (unpaired) electrons. The summed E-state index contributed by atoms with van der Waals surface area (Å²) in [6.45, 7) is 8.09. The summed E-state index contributed by atoms with van der Waals surface area (Å²) in [6, 6.07) is 0.492. The van der Waals surface area contributed by atoms with Gasteiger partial charge >= 0.3 is 0 Å². The summed E-state index contributed by atoms with van der Waals surface area (Å²) in [5.74, 6) is -0.0763. The van der Waals surface area contributed by atoms with Gasteiger partial charge in [0.25, 0.3) is 5.91 Å². The lowest BCUT2D eigenvalue weighted by molar-refractivity contribution is -0.949. The molecule has 0 aromatic carbocycles. The first kappa shape index (κ1) is 31.6. The van der Waals surface area contributed by atoms with Crippen LogP contribution in [-0.2, 0) is 4.79 Å². The van der Waals surface area contributed by atoms with E-state index in [0.717, 1.165) is 12.8 Å². The van der Waals surface area contributed by atoms with Gasteiger partial charge in [-0.3, -0.25) is 4.79 Å². The van der Waals surface area contributed by atoms with Gasteiger partial charge in [0.1, 0.15) is 6.04 Å². The molecule has 1 unspecified atom stereocenters. The summed E-state index contributed by atoms with van der Waals surface area (Å²) >= 11 is 0. The number of quaternary nitrogens is 1. The molecule has 180 valence electrons. The smallest absolute Gasteiger partial charge is 0.288 e. The van der Waals surface area contributed by atoms with Crippen molar-refractivity contribution in [1.29, 1.82) is 0 Å². The average molecular weight is 445 g/mol. The first-order valence-corrected chi connectivity index (χ1v) is 12.8. The van der Waals surface area contributed by atoms with Gasteiger partial charge in [0, 0.05) is 18.9 Å². The molecule has 0 bridgehead atoms. The Balaban J connectivity index is 0. The maximum atomic E-state index is 11.7. The predicted octanol–water partition coefficient (Wildman–Crippen LogP) is 4.71. The summed E-state index contributed by atoms with van der Waals surface area (Å²) in [4.78, 5) is 11.7. The van der Waals surface area contributed by atoms with Gasteiger partial charge in [-0.1, -0.05) is 117 Å². The number of carbonyl (C=O) groups is 1. The third kappa shape index (κ3) is 18.2. The molecular formula is C26H53ClN2O. The summed E-state index contributed by atoms with van der Waals surface area (Å²) < 4.78 is 0.567. The minimum Gasteiger partial charge on any atom is -1.00 e. The molecule has 1 amide bonds. The van der Waals surface area contributed by atoms with E-state index < -0.39 is 0 Å². The van der Waals surface area contributed by atoms with Gasteiger partial charge in [0.2, 0.25) is 0 Å². The van der Waals surface area contributed by atoms with Gasteiger partial charge in [-0.05, 0) is 6.42 Å². The molecule has 1 atom stereocenters. The van der Waals surface area contributed by atoms with Gasteiger partial charge in [0.15, 0.2) is 0 Å². The molecule has 0 aliphatic rings. The Morgan fingerprint density at radius 2 is 1.13 bits per heavy atom. The van der Waals surface area contributed by atoms with Crippen LogP contribution in [0.2, 0.25) is 0 Å². The van der Waals surface area contributed by atoms with E-state index in [4.69, 9.17) is 0 Å². The molecule has 0 aliphatic carbocycles. The second kappa shape index (κ2) is 21.7. The molecule has 0 spiro atoms. The van der Waals surface area contributed by atoms with Crippen LogP contribution in [0.25, 0.3) is 0 Å². The van der Waals surface area contributed by atoms with Crippen LogP contribution in [0.15, 0.2) is 12.7 Å². The Hall–Kier alpha value is -0.540. The highest BCUT2D eigenvalue weighted by atomic mass is 35.5. The SMILES string of the molecule is C=CC(=O)N[N+](C)(C)C(CCC)CCCCCCCCCCCCCCCCC.[Cl-]. The van der Waals surface area contributed by atoms with Gasteiger partial charge in [-0.25, -0.2) is 4.59 Å². The van der Waals surface area contributed by atoms with Crippen LogP contribution in [-0.4, -0.2) is 30.6 Å². The number of rotatable bonds is 21. The fourth-order valence-corrected chi connectivity index (χ4v) is 4.30. The van der Waals surface area contributed by atoms with Gasteiger partial charge in [-0.2, -0.15) is 5.43 Å². The highest BCUT2D eigenvalue weighted by Crippen LogP contribution is 2.19. The zero-order chi connectivity index (χ0) is 21.8. The minimum absolute atomic E-state index is 0. The lowest BCUT2D eigenvalue weighted by Gasteiger charge is -2.37. The molecule has 0 aromatic rings. The zero-order valence-electron chi connectivity index (χ0n) is 20.8. The van der Waals surface area contributed by atoms with E-state index in [-0.39, 0.29) is 18.3 Å². The predicted molar refractivity (Wildman–Crippen MR) is 129 cm³/mol. The quantitative estimate of drug-likeness (QED) is 0.118. The van der Waals surface area contributed by atoms with Crippen molar-refractivity contribution in [2.24, 2.45) is 0 Å². The van der Waals surface area contributed by atoms with Gasteiger partial charge in [-0.15, -0.1) is 0 Å². The maximum absolute atomic E-state index is 11.7. The fraction of sp³-hybridized carbons (Fsp3) is 0.885. The van der Waals surface area contributed by atoms with Crippen LogP contribution < -0.4 is 17.8 Å². The molecule has 4 heteroatoms. The van der Waals surface area contributed by atoms with Crippen molar-refractivity contribution in [2.75, 3.05) is 14.1 Å². The topological polar surface area (TPSA) is 29.1 Å². The number of unbranched alkanes of at least 4 members (excludes halogenated alkanes) is 14. The molecule has 0 fully saturated rings. The maximum Gasteiger partial charge on any atom is 0.288 e. The Labute approximate surface area is 195 Å². The summed E-state index contributed by atoms with van der Waals surface area (Å²) in [5.41, 5.74) is 3.07. The van der Waals surface area contributed by atoms with E-state index in [1.165, 1.54) is 109 Å². The Morgan fingerprint density at radius 1 is 0.733 bits per heavy atom. The minimum atomic E-state index is -0.0763. The number of carbonyl (C=O) groups excluding carboxylic acids is 1. The van der Waals surface area contributed by atoms with E-state index in [0.29, 0.717) is 10.6 Å². The largest absolute Gasteiger partial charge is 1.00 e. The summed E-state index contributed by atoms with van der Waals surface area (Å²) in [5, 5.41) is 0. The van der Waals surface area contributed by atoms with Crippen molar-refractivity contribution in [3.63, 3.8) is 0 Å². The monoisotopic (exact) mass is 444 g/mol. The van der Waals surface area contributed by atoms with Crippen LogP contribution in [0.3, 0.4) is 0 Å². The number of halogens is 1. The highest BCUT2D eigenvalue weighted by molar-refractivity contribution is 5.85. The first-order chi connectivity index (χ1) is 14.0. The lowest BCUT2D eigenvalue weighted by Crippen LogP contribution is -3.00. The Kier molecular flexibility index (Phi) is 22.9. The Bertz CT molecular complexity index is 398.